The van der Waals surface area contributed by atoms with Crippen LogP contribution in [0.25, 0.3) is 0 Å². The number of rotatable bonds is 8. The van der Waals surface area contributed by atoms with Crippen LogP contribution in [0.15, 0.2) is 59.7 Å². The molecule has 0 aliphatic rings. The second kappa shape index (κ2) is 9.28. The number of H-pyrrole nitrogens is 1. The molecule has 0 aliphatic carbocycles. The molecule has 0 spiro atoms. The van der Waals surface area contributed by atoms with Crippen molar-refractivity contribution in [3.8, 4) is 0 Å². The highest BCUT2D eigenvalue weighted by atomic mass is 32.1. The number of hydrogen-bond donors (Lipinski definition) is 1. The number of nitrogens with one attached hydrogen (secondary N) is 1. The molecule has 1 heterocycles. The van der Waals surface area contributed by atoms with E-state index in [4.69, 9.17) is 12.2 Å². The molecule has 3 rings (SSSR count). The zero-order valence-corrected chi connectivity index (χ0v) is 16.6. The summed E-state index contributed by atoms with van der Waals surface area (Å²) in [5.74, 6) is 0.833. The van der Waals surface area contributed by atoms with Crippen molar-refractivity contribution in [3.05, 3.63) is 76.3 Å². The van der Waals surface area contributed by atoms with Gasteiger partial charge in [-0.15, -0.1) is 0 Å². The summed E-state index contributed by atoms with van der Waals surface area (Å²) < 4.78 is 2.21. The van der Waals surface area contributed by atoms with Gasteiger partial charge in [0.2, 0.25) is 4.77 Å². The molecule has 140 valence electrons. The Labute approximate surface area is 165 Å². The van der Waals surface area contributed by atoms with E-state index in [-0.39, 0.29) is 0 Å². The van der Waals surface area contributed by atoms with Crippen LogP contribution in [0.3, 0.4) is 0 Å². The van der Waals surface area contributed by atoms with E-state index in [0.717, 1.165) is 37.3 Å². The van der Waals surface area contributed by atoms with Gasteiger partial charge < -0.3 is 4.90 Å². The first-order valence-corrected chi connectivity index (χ1v) is 9.71. The maximum atomic E-state index is 5.33. The molecule has 0 unspecified atom stereocenters. The Morgan fingerprint density at radius 1 is 1.04 bits per heavy atom. The average Bonchev–Trinajstić information content (AvgIpc) is 3.07. The number of anilines is 1. The minimum atomic E-state index is 0.508. The van der Waals surface area contributed by atoms with Gasteiger partial charge in [-0.2, -0.15) is 14.9 Å². The molecular formula is C21H25N5S. The molecule has 0 atom stereocenters. The smallest absolute Gasteiger partial charge is 0.216 e. The van der Waals surface area contributed by atoms with Gasteiger partial charge in [0, 0.05) is 25.2 Å². The van der Waals surface area contributed by atoms with Crippen LogP contribution in [-0.4, -0.2) is 34.2 Å². The zero-order chi connectivity index (χ0) is 19.1. The maximum absolute atomic E-state index is 5.33. The van der Waals surface area contributed by atoms with Crippen LogP contribution >= 0.6 is 12.2 Å². The van der Waals surface area contributed by atoms with Gasteiger partial charge in [0.05, 0.1) is 6.21 Å². The molecule has 0 saturated carbocycles. The third kappa shape index (κ3) is 4.92. The van der Waals surface area contributed by atoms with Gasteiger partial charge in [0.1, 0.15) is 0 Å². The molecule has 0 aliphatic heterocycles. The number of aromatic amines is 1. The van der Waals surface area contributed by atoms with Crippen LogP contribution in [0.4, 0.5) is 5.69 Å². The van der Waals surface area contributed by atoms with Crippen molar-refractivity contribution in [1.82, 2.24) is 14.9 Å². The second-order valence-corrected chi connectivity index (χ2v) is 6.64. The number of aryl methyl sites for hydroxylation is 2. The topological polar surface area (TPSA) is 49.2 Å². The van der Waals surface area contributed by atoms with Crippen molar-refractivity contribution < 1.29 is 0 Å². The van der Waals surface area contributed by atoms with Gasteiger partial charge in [0.25, 0.3) is 0 Å². The average molecular weight is 380 g/mol. The van der Waals surface area contributed by atoms with Gasteiger partial charge in [-0.3, -0.25) is 5.10 Å². The van der Waals surface area contributed by atoms with E-state index in [1.54, 1.807) is 4.68 Å². The quantitative estimate of drug-likeness (QED) is 0.464. The van der Waals surface area contributed by atoms with E-state index >= 15 is 0 Å². The fourth-order valence-electron chi connectivity index (χ4n) is 2.99. The fraction of sp³-hybridized carbons (Fsp3) is 0.286. The monoisotopic (exact) mass is 379 g/mol. The first-order valence-electron chi connectivity index (χ1n) is 9.30. The molecule has 2 aromatic carbocycles. The summed E-state index contributed by atoms with van der Waals surface area (Å²) in [7, 11) is 0. The molecule has 6 heteroatoms. The Balaban J connectivity index is 1.71. The molecule has 27 heavy (non-hydrogen) atoms. The number of nitrogens with zero attached hydrogens (tertiary/aromatic N) is 4. The lowest BCUT2D eigenvalue weighted by atomic mass is 10.1. The Hall–Kier alpha value is -2.73. The minimum absolute atomic E-state index is 0.508. The second-order valence-electron chi connectivity index (χ2n) is 6.25. The molecule has 1 N–H and O–H groups in total. The van der Waals surface area contributed by atoms with Crippen LogP contribution in [0, 0.1) is 4.77 Å². The largest absolute Gasteiger partial charge is 0.372 e. The van der Waals surface area contributed by atoms with E-state index in [1.165, 1.54) is 11.3 Å². The van der Waals surface area contributed by atoms with Crippen LogP contribution in [-0.2, 0) is 12.8 Å². The third-order valence-electron chi connectivity index (χ3n) is 4.54. The maximum Gasteiger partial charge on any atom is 0.216 e. The predicted octanol–water partition coefficient (Wildman–Crippen LogP) is 4.45. The molecule has 5 nitrogen and oxygen atoms in total. The molecule has 0 radical (unpaired) electrons. The first kappa shape index (κ1) is 19.0. The molecule has 0 saturated heterocycles. The predicted molar refractivity (Wildman–Crippen MR) is 114 cm³/mol. The Kier molecular flexibility index (Phi) is 6.54. The van der Waals surface area contributed by atoms with E-state index in [9.17, 15) is 0 Å². The van der Waals surface area contributed by atoms with Crippen molar-refractivity contribution >= 4 is 24.1 Å². The molecule has 3 aromatic rings. The normalized spacial score (nSPS) is 11.2. The summed E-state index contributed by atoms with van der Waals surface area (Å²) in [4.78, 5) is 2.31. The van der Waals surface area contributed by atoms with Crippen LogP contribution in [0.2, 0.25) is 0 Å². The van der Waals surface area contributed by atoms with E-state index in [2.05, 4.69) is 70.4 Å². The summed E-state index contributed by atoms with van der Waals surface area (Å²) >= 11 is 5.33. The van der Waals surface area contributed by atoms with E-state index in [0.29, 0.717) is 4.77 Å². The van der Waals surface area contributed by atoms with E-state index < -0.39 is 0 Å². The van der Waals surface area contributed by atoms with Crippen LogP contribution < -0.4 is 4.90 Å². The molecule has 0 bridgehead atoms. The van der Waals surface area contributed by atoms with Crippen LogP contribution in [0.1, 0.15) is 30.8 Å². The molecular weight excluding hydrogens is 354 g/mol. The molecule has 0 amide bonds. The van der Waals surface area contributed by atoms with Crippen molar-refractivity contribution in [2.75, 3.05) is 18.0 Å². The third-order valence-corrected chi connectivity index (χ3v) is 4.81. The Morgan fingerprint density at radius 3 is 2.41 bits per heavy atom. The highest BCUT2D eigenvalue weighted by molar-refractivity contribution is 7.71. The van der Waals surface area contributed by atoms with Crippen molar-refractivity contribution in [3.63, 3.8) is 0 Å². The van der Waals surface area contributed by atoms with Gasteiger partial charge in [0.15, 0.2) is 5.82 Å². The lowest BCUT2D eigenvalue weighted by Gasteiger charge is -2.20. The van der Waals surface area contributed by atoms with Gasteiger partial charge in [-0.05, 0) is 55.7 Å². The minimum Gasteiger partial charge on any atom is -0.372 e. The van der Waals surface area contributed by atoms with Crippen molar-refractivity contribution in [1.29, 1.82) is 0 Å². The van der Waals surface area contributed by atoms with Gasteiger partial charge >= 0.3 is 0 Å². The van der Waals surface area contributed by atoms with Crippen molar-refractivity contribution in [2.45, 2.75) is 26.7 Å². The highest BCUT2D eigenvalue weighted by Gasteiger charge is 2.06. The van der Waals surface area contributed by atoms with Crippen molar-refractivity contribution in [2.24, 2.45) is 5.10 Å². The summed E-state index contributed by atoms with van der Waals surface area (Å²) in [6.07, 6.45) is 3.49. The Bertz CT molecular complexity index is 921. The SMILES string of the molecule is CCN(CC)c1ccc(/C=N\n2c(CCc3ccccc3)n[nH]c2=S)cc1. The fourth-order valence-corrected chi connectivity index (χ4v) is 3.19. The standard InChI is InChI=1S/C21H25N5S/c1-3-25(4-2)19-13-10-18(11-14-19)16-22-26-20(23-24-21(26)27)15-12-17-8-6-5-7-9-17/h5-11,13-14,16H,3-4,12,15H2,1-2H3,(H,24,27)/b22-16-. The highest BCUT2D eigenvalue weighted by Crippen LogP contribution is 2.14. The molecule has 0 fully saturated rings. The lowest BCUT2D eigenvalue weighted by Crippen LogP contribution is -2.21. The number of hydrogen-bond acceptors (Lipinski definition) is 4. The molecule has 1 aromatic heterocycles. The summed E-state index contributed by atoms with van der Waals surface area (Å²) in [5.41, 5.74) is 3.53. The lowest BCUT2D eigenvalue weighted by molar-refractivity contribution is 0.750. The summed E-state index contributed by atoms with van der Waals surface area (Å²) in [6, 6.07) is 18.8. The zero-order valence-electron chi connectivity index (χ0n) is 15.8. The van der Waals surface area contributed by atoms with Crippen LogP contribution in [0.5, 0.6) is 0 Å². The van der Waals surface area contributed by atoms with Gasteiger partial charge in [-0.1, -0.05) is 42.5 Å². The first-order chi connectivity index (χ1) is 13.2. The summed E-state index contributed by atoms with van der Waals surface area (Å²) in [5, 5.41) is 11.7. The number of benzene rings is 2. The van der Waals surface area contributed by atoms with Gasteiger partial charge in [-0.25, -0.2) is 0 Å². The van der Waals surface area contributed by atoms with E-state index in [1.807, 2.05) is 24.4 Å². The number of aromatic nitrogens is 3. The Morgan fingerprint density at radius 2 is 1.74 bits per heavy atom. The summed E-state index contributed by atoms with van der Waals surface area (Å²) in [6.45, 7) is 6.32.